The lowest BCUT2D eigenvalue weighted by molar-refractivity contribution is 0.342. The summed E-state index contributed by atoms with van der Waals surface area (Å²) in [6.45, 7) is 4.12. The molecule has 6 heteroatoms. The van der Waals surface area contributed by atoms with Crippen LogP contribution >= 0.6 is 0 Å². The van der Waals surface area contributed by atoms with Gasteiger partial charge in [0.2, 0.25) is 0 Å². The van der Waals surface area contributed by atoms with Gasteiger partial charge in [-0.15, -0.1) is 0 Å². The summed E-state index contributed by atoms with van der Waals surface area (Å²) < 4.78 is 32.7. The van der Waals surface area contributed by atoms with Crippen molar-refractivity contribution >= 4 is 21.4 Å². The van der Waals surface area contributed by atoms with Crippen LogP contribution in [0.5, 0.6) is 5.75 Å². The molecule has 0 fully saturated rings. The van der Waals surface area contributed by atoms with Crippen molar-refractivity contribution in [2.24, 2.45) is 0 Å². The molecule has 0 unspecified atom stereocenters. The van der Waals surface area contributed by atoms with E-state index >= 15 is 0 Å². The molecular formula is C15H18N2O3S. The largest absolute Gasteiger partial charge is 0.492 e. The Morgan fingerprint density at radius 2 is 1.90 bits per heavy atom. The minimum atomic E-state index is -3.70. The zero-order valence-corrected chi connectivity index (χ0v) is 12.8. The Kier molecular flexibility index (Phi) is 4.37. The van der Waals surface area contributed by atoms with Crippen molar-refractivity contribution in [2.45, 2.75) is 18.7 Å². The molecule has 0 spiro atoms. The number of hydrogen-bond donors (Lipinski definition) is 2. The molecule has 0 atom stereocenters. The van der Waals surface area contributed by atoms with Crippen LogP contribution in [0.25, 0.3) is 0 Å². The molecule has 3 N–H and O–H groups in total. The first-order valence-electron chi connectivity index (χ1n) is 6.55. The summed E-state index contributed by atoms with van der Waals surface area (Å²) in [6.07, 6.45) is 0. The Bertz CT molecular complexity index is 742. The van der Waals surface area contributed by atoms with Crippen LogP contribution in [0.15, 0.2) is 47.4 Å². The van der Waals surface area contributed by atoms with Gasteiger partial charge in [-0.25, -0.2) is 8.42 Å². The molecular weight excluding hydrogens is 288 g/mol. The van der Waals surface area contributed by atoms with E-state index in [1.807, 2.05) is 13.8 Å². The number of aryl methyl sites for hydroxylation is 1. The predicted octanol–water partition coefficient (Wildman–Crippen LogP) is 2.78. The monoisotopic (exact) mass is 306 g/mol. The highest BCUT2D eigenvalue weighted by Gasteiger charge is 2.17. The number of hydrogen-bond acceptors (Lipinski definition) is 4. The normalized spacial score (nSPS) is 11.1. The van der Waals surface area contributed by atoms with Crippen LogP contribution in [-0.2, 0) is 10.0 Å². The Morgan fingerprint density at radius 3 is 2.57 bits per heavy atom. The number of nitrogen functional groups attached to an aromatic ring is 1. The second kappa shape index (κ2) is 6.05. The summed E-state index contributed by atoms with van der Waals surface area (Å²) in [7, 11) is -3.70. The van der Waals surface area contributed by atoms with Gasteiger partial charge in [0.25, 0.3) is 10.0 Å². The topological polar surface area (TPSA) is 81.4 Å². The average Bonchev–Trinajstić information content (AvgIpc) is 2.44. The van der Waals surface area contributed by atoms with E-state index in [1.165, 1.54) is 12.1 Å². The Hall–Kier alpha value is -2.21. The highest BCUT2D eigenvalue weighted by Crippen LogP contribution is 2.27. The molecule has 0 aliphatic rings. The van der Waals surface area contributed by atoms with E-state index in [9.17, 15) is 8.42 Å². The van der Waals surface area contributed by atoms with Crippen LogP contribution in [0, 0.1) is 6.92 Å². The van der Waals surface area contributed by atoms with Crippen LogP contribution in [-0.4, -0.2) is 15.0 Å². The van der Waals surface area contributed by atoms with Crippen molar-refractivity contribution < 1.29 is 13.2 Å². The molecule has 0 saturated carbocycles. The van der Waals surface area contributed by atoms with Crippen LogP contribution in [0.1, 0.15) is 12.5 Å². The van der Waals surface area contributed by atoms with E-state index in [0.29, 0.717) is 23.7 Å². The molecule has 2 aromatic rings. The smallest absolute Gasteiger partial charge is 0.262 e. The molecule has 5 nitrogen and oxygen atoms in total. The molecule has 21 heavy (non-hydrogen) atoms. The van der Waals surface area contributed by atoms with Gasteiger partial charge >= 0.3 is 0 Å². The minimum absolute atomic E-state index is 0.122. The SMILES string of the molecule is CCOc1ccccc1NS(=O)(=O)c1ccc(C)c(N)c1. The van der Waals surface area contributed by atoms with Crippen LogP contribution < -0.4 is 15.2 Å². The molecule has 2 rings (SSSR count). The zero-order valence-electron chi connectivity index (χ0n) is 12.0. The van der Waals surface area contributed by atoms with E-state index in [0.717, 1.165) is 5.56 Å². The van der Waals surface area contributed by atoms with Crippen LogP contribution in [0.3, 0.4) is 0 Å². The highest BCUT2D eigenvalue weighted by atomic mass is 32.2. The maximum atomic E-state index is 12.4. The number of rotatable bonds is 5. The third-order valence-corrected chi connectivity index (χ3v) is 4.36. The standard InChI is InChI=1S/C15H18N2O3S/c1-3-20-15-7-5-4-6-14(15)17-21(18,19)12-9-8-11(2)13(16)10-12/h4-10,17H,3,16H2,1-2H3. The summed E-state index contributed by atoms with van der Waals surface area (Å²) in [4.78, 5) is 0.122. The number of nitrogens with one attached hydrogen (secondary N) is 1. The van der Waals surface area contributed by atoms with Gasteiger partial charge in [0.15, 0.2) is 0 Å². The molecule has 0 heterocycles. The van der Waals surface area contributed by atoms with E-state index in [1.54, 1.807) is 30.3 Å². The molecule has 0 saturated heterocycles. The minimum Gasteiger partial charge on any atom is -0.492 e. The third kappa shape index (κ3) is 3.46. The molecule has 0 bridgehead atoms. The van der Waals surface area contributed by atoms with E-state index in [-0.39, 0.29) is 4.90 Å². The number of benzene rings is 2. The Labute approximate surface area is 124 Å². The Balaban J connectivity index is 2.35. The van der Waals surface area contributed by atoms with Crippen LogP contribution in [0.2, 0.25) is 0 Å². The average molecular weight is 306 g/mol. The quantitative estimate of drug-likeness (QED) is 0.832. The van der Waals surface area contributed by atoms with Gasteiger partial charge < -0.3 is 10.5 Å². The number of anilines is 2. The Morgan fingerprint density at radius 1 is 1.19 bits per heavy atom. The second-order valence-electron chi connectivity index (χ2n) is 4.55. The summed E-state index contributed by atoms with van der Waals surface area (Å²) in [5.74, 6) is 0.489. The van der Waals surface area contributed by atoms with Gasteiger partial charge in [0, 0.05) is 5.69 Å². The van der Waals surface area contributed by atoms with Gasteiger partial charge in [-0.05, 0) is 43.7 Å². The number of ether oxygens (including phenoxy) is 1. The lowest BCUT2D eigenvalue weighted by Crippen LogP contribution is -2.14. The van der Waals surface area contributed by atoms with E-state index in [4.69, 9.17) is 10.5 Å². The van der Waals surface area contributed by atoms with Crippen LogP contribution in [0.4, 0.5) is 11.4 Å². The molecule has 0 amide bonds. The van der Waals surface area contributed by atoms with Gasteiger partial charge in [0.1, 0.15) is 5.75 Å². The van der Waals surface area contributed by atoms with Crippen molar-refractivity contribution in [1.29, 1.82) is 0 Å². The second-order valence-corrected chi connectivity index (χ2v) is 6.24. The lowest BCUT2D eigenvalue weighted by Gasteiger charge is -2.13. The van der Waals surface area contributed by atoms with Crippen molar-refractivity contribution in [1.82, 2.24) is 0 Å². The highest BCUT2D eigenvalue weighted by molar-refractivity contribution is 7.92. The third-order valence-electron chi connectivity index (χ3n) is 2.99. The molecule has 2 aromatic carbocycles. The fraction of sp³-hybridized carbons (Fsp3) is 0.200. The molecule has 0 aliphatic heterocycles. The van der Waals surface area contributed by atoms with E-state index in [2.05, 4.69) is 4.72 Å². The summed E-state index contributed by atoms with van der Waals surface area (Å²) in [6, 6.07) is 11.5. The van der Waals surface area contributed by atoms with E-state index < -0.39 is 10.0 Å². The lowest BCUT2D eigenvalue weighted by atomic mass is 10.2. The first-order chi connectivity index (χ1) is 9.94. The fourth-order valence-electron chi connectivity index (χ4n) is 1.82. The maximum absolute atomic E-state index is 12.4. The number of sulfonamides is 1. The fourth-order valence-corrected chi connectivity index (χ4v) is 2.93. The summed E-state index contributed by atoms with van der Waals surface area (Å²) in [5, 5.41) is 0. The van der Waals surface area contributed by atoms with Gasteiger partial charge in [-0.3, -0.25) is 4.72 Å². The van der Waals surface area contributed by atoms with Gasteiger partial charge in [-0.1, -0.05) is 18.2 Å². The molecule has 0 aliphatic carbocycles. The van der Waals surface area contributed by atoms with Crippen molar-refractivity contribution in [3.8, 4) is 5.75 Å². The summed E-state index contributed by atoms with van der Waals surface area (Å²) >= 11 is 0. The van der Waals surface area contributed by atoms with Crippen molar-refractivity contribution in [2.75, 3.05) is 17.1 Å². The maximum Gasteiger partial charge on any atom is 0.262 e. The number of nitrogens with two attached hydrogens (primary N) is 1. The first-order valence-corrected chi connectivity index (χ1v) is 8.03. The summed E-state index contributed by atoms with van der Waals surface area (Å²) in [5.41, 5.74) is 7.45. The number of para-hydroxylation sites is 2. The molecule has 112 valence electrons. The van der Waals surface area contributed by atoms with Crippen molar-refractivity contribution in [3.05, 3.63) is 48.0 Å². The first kappa shape index (κ1) is 15.2. The zero-order chi connectivity index (χ0) is 15.5. The predicted molar refractivity (Wildman–Crippen MR) is 84.0 cm³/mol. The van der Waals surface area contributed by atoms with Crippen molar-refractivity contribution in [3.63, 3.8) is 0 Å². The molecule has 0 radical (unpaired) electrons. The van der Waals surface area contributed by atoms with Gasteiger partial charge in [-0.2, -0.15) is 0 Å². The van der Waals surface area contributed by atoms with Gasteiger partial charge in [0.05, 0.1) is 17.2 Å². The molecule has 0 aromatic heterocycles.